The number of carbonyl (C=O) groups is 1. The van der Waals surface area contributed by atoms with E-state index in [-0.39, 0.29) is 17.9 Å². The molecule has 1 fully saturated rings. The van der Waals surface area contributed by atoms with Crippen molar-refractivity contribution in [3.63, 3.8) is 0 Å². The molecule has 1 aromatic heterocycles. The smallest absolute Gasteiger partial charge is 0.343 e. The van der Waals surface area contributed by atoms with Gasteiger partial charge in [-0.2, -0.15) is 0 Å². The summed E-state index contributed by atoms with van der Waals surface area (Å²) >= 11 is 0. The molecule has 0 aromatic carbocycles. The van der Waals surface area contributed by atoms with Crippen molar-refractivity contribution >= 4 is 5.97 Å². The highest BCUT2D eigenvalue weighted by atomic mass is 19.1. The van der Waals surface area contributed by atoms with Gasteiger partial charge in [-0.25, -0.2) is 9.18 Å². The zero-order valence-electron chi connectivity index (χ0n) is 7.75. The zero-order valence-corrected chi connectivity index (χ0v) is 7.75. The van der Waals surface area contributed by atoms with Crippen LogP contribution in [0.4, 0.5) is 4.39 Å². The lowest BCUT2D eigenvalue weighted by Crippen LogP contribution is -2.10. The predicted octanol–water partition coefficient (Wildman–Crippen LogP) is 1.81. The molecule has 0 N–H and O–H groups in total. The third-order valence-electron chi connectivity index (χ3n) is 2.18. The van der Waals surface area contributed by atoms with Crippen molar-refractivity contribution in [3.05, 3.63) is 17.5 Å². The number of hydrogen-bond acceptors (Lipinski definition) is 4. The van der Waals surface area contributed by atoms with Crippen molar-refractivity contribution in [2.24, 2.45) is 0 Å². The minimum atomic E-state index is -1.46. The Labute approximate surface area is 80.0 Å². The Kier molecular flexibility index (Phi) is 2.02. The molecule has 0 bridgehead atoms. The van der Waals surface area contributed by atoms with Crippen molar-refractivity contribution in [1.82, 2.24) is 5.16 Å². The fourth-order valence-electron chi connectivity index (χ4n) is 1.26. The number of rotatable bonds is 3. The quantitative estimate of drug-likeness (QED) is 0.696. The van der Waals surface area contributed by atoms with E-state index < -0.39 is 11.6 Å². The summed E-state index contributed by atoms with van der Waals surface area (Å²) in [5.74, 6) is -0.576. The molecular formula is C9H10FNO3. The average molecular weight is 199 g/mol. The second-order valence-corrected chi connectivity index (χ2v) is 3.26. The van der Waals surface area contributed by atoms with Crippen LogP contribution in [0.25, 0.3) is 0 Å². The minimum Gasteiger partial charge on any atom is -0.462 e. The third-order valence-corrected chi connectivity index (χ3v) is 2.18. The van der Waals surface area contributed by atoms with Gasteiger partial charge in [0.2, 0.25) is 0 Å². The van der Waals surface area contributed by atoms with Crippen LogP contribution < -0.4 is 0 Å². The molecule has 0 radical (unpaired) electrons. The predicted molar refractivity (Wildman–Crippen MR) is 44.5 cm³/mol. The van der Waals surface area contributed by atoms with Gasteiger partial charge in [-0.1, -0.05) is 5.16 Å². The van der Waals surface area contributed by atoms with Crippen LogP contribution in [0.1, 0.15) is 35.8 Å². The first-order chi connectivity index (χ1) is 6.67. The lowest BCUT2D eigenvalue weighted by molar-refractivity contribution is 0.0521. The summed E-state index contributed by atoms with van der Waals surface area (Å²) in [6.45, 7) is 1.94. The summed E-state index contributed by atoms with van der Waals surface area (Å²) in [6.07, 6.45) is 1.92. The van der Waals surface area contributed by atoms with Crippen LogP contribution in [0.3, 0.4) is 0 Å². The van der Waals surface area contributed by atoms with Crippen molar-refractivity contribution in [2.75, 3.05) is 6.61 Å². The fraction of sp³-hybridized carbons (Fsp3) is 0.556. The standard InChI is InChI=1S/C9H10FNO3/c1-2-13-8(12)6-5-14-11-7(6)9(10)3-4-9/h5H,2-4H2,1H3. The molecule has 0 atom stereocenters. The second-order valence-electron chi connectivity index (χ2n) is 3.26. The monoisotopic (exact) mass is 199 g/mol. The molecule has 0 saturated heterocycles. The molecule has 1 heterocycles. The topological polar surface area (TPSA) is 52.3 Å². The first-order valence-corrected chi connectivity index (χ1v) is 4.48. The molecule has 2 rings (SSSR count). The Morgan fingerprint density at radius 1 is 1.79 bits per heavy atom. The Hall–Kier alpha value is -1.39. The lowest BCUT2D eigenvalue weighted by atomic mass is 10.1. The Balaban J connectivity index is 2.25. The molecule has 0 unspecified atom stereocenters. The van der Waals surface area contributed by atoms with E-state index in [9.17, 15) is 9.18 Å². The van der Waals surface area contributed by atoms with Crippen molar-refractivity contribution < 1.29 is 18.4 Å². The molecule has 1 aliphatic rings. The summed E-state index contributed by atoms with van der Waals surface area (Å²) < 4.78 is 22.9. The summed E-state index contributed by atoms with van der Waals surface area (Å²) in [5, 5.41) is 3.50. The molecule has 76 valence electrons. The number of ether oxygens (including phenoxy) is 1. The van der Waals surface area contributed by atoms with Gasteiger partial charge in [-0.15, -0.1) is 0 Å². The van der Waals surface area contributed by atoms with Crippen molar-refractivity contribution in [2.45, 2.75) is 25.4 Å². The molecule has 1 aromatic rings. The normalized spacial score (nSPS) is 17.9. The van der Waals surface area contributed by atoms with Crippen molar-refractivity contribution in [3.8, 4) is 0 Å². The van der Waals surface area contributed by atoms with E-state index in [0.29, 0.717) is 12.8 Å². The van der Waals surface area contributed by atoms with Crippen LogP contribution in [0.2, 0.25) is 0 Å². The molecule has 0 aliphatic heterocycles. The number of esters is 1. The zero-order chi connectivity index (χ0) is 10.2. The number of hydrogen-bond donors (Lipinski definition) is 0. The molecule has 4 nitrogen and oxygen atoms in total. The number of nitrogens with zero attached hydrogens (tertiary/aromatic N) is 1. The van der Waals surface area contributed by atoms with Gasteiger partial charge >= 0.3 is 5.97 Å². The van der Waals surface area contributed by atoms with Crippen LogP contribution in [0.15, 0.2) is 10.8 Å². The van der Waals surface area contributed by atoms with Gasteiger partial charge in [-0.3, -0.25) is 0 Å². The largest absolute Gasteiger partial charge is 0.462 e. The summed E-state index contributed by atoms with van der Waals surface area (Å²) in [5.41, 5.74) is -1.28. The van der Waals surface area contributed by atoms with Crippen LogP contribution in [0.5, 0.6) is 0 Å². The van der Waals surface area contributed by atoms with Gasteiger partial charge in [-0.05, 0) is 19.8 Å². The van der Waals surface area contributed by atoms with E-state index in [1.807, 2.05) is 0 Å². The highest BCUT2D eigenvalue weighted by molar-refractivity contribution is 5.90. The minimum absolute atomic E-state index is 0.0796. The van der Waals surface area contributed by atoms with Crippen LogP contribution in [0, 0.1) is 0 Å². The maximum atomic E-state index is 13.6. The van der Waals surface area contributed by atoms with Gasteiger partial charge in [0, 0.05) is 0 Å². The molecule has 14 heavy (non-hydrogen) atoms. The van der Waals surface area contributed by atoms with Crippen LogP contribution in [-0.2, 0) is 10.4 Å². The maximum absolute atomic E-state index is 13.6. The fourth-order valence-corrected chi connectivity index (χ4v) is 1.26. The molecule has 0 spiro atoms. The SMILES string of the molecule is CCOC(=O)c1conc1C1(F)CC1. The molecule has 1 aliphatic carbocycles. The van der Waals surface area contributed by atoms with Gasteiger partial charge < -0.3 is 9.26 Å². The summed E-state index contributed by atoms with van der Waals surface area (Å²) in [7, 11) is 0. The number of alkyl halides is 1. The lowest BCUT2D eigenvalue weighted by Gasteiger charge is -2.02. The first kappa shape index (κ1) is 9.18. The van der Waals surface area contributed by atoms with Crippen LogP contribution >= 0.6 is 0 Å². The maximum Gasteiger partial charge on any atom is 0.343 e. The Bertz CT molecular complexity index is 357. The van der Waals surface area contributed by atoms with E-state index in [0.717, 1.165) is 6.26 Å². The number of halogens is 1. The summed E-state index contributed by atoms with van der Waals surface area (Å²) in [4.78, 5) is 11.3. The van der Waals surface area contributed by atoms with Gasteiger partial charge in [0.1, 0.15) is 17.5 Å². The second kappa shape index (κ2) is 3.08. The first-order valence-electron chi connectivity index (χ1n) is 4.48. The van der Waals surface area contributed by atoms with E-state index >= 15 is 0 Å². The highest BCUT2D eigenvalue weighted by Gasteiger charge is 2.50. The number of carbonyl (C=O) groups excluding carboxylic acids is 1. The highest BCUT2D eigenvalue weighted by Crippen LogP contribution is 2.50. The van der Waals surface area contributed by atoms with E-state index in [4.69, 9.17) is 4.74 Å². The van der Waals surface area contributed by atoms with E-state index in [1.54, 1.807) is 6.92 Å². The Morgan fingerprint density at radius 2 is 2.50 bits per heavy atom. The molecule has 5 heteroatoms. The van der Waals surface area contributed by atoms with Crippen molar-refractivity contribution in [1.29, 1.82) is 0 Å². The van der Waals surface area contributed by atoms with Gasteiger partial charge in [0.25, 0.3) is 0 Å². The molecule has 1 saturated carbocycles. The number of aromatic nitrogens is 1. The molecule has 0 amide bonds. The third kappa shape index (κ3) is 1.38. The molecular weight excluding hydrogens is 189 g/mol. The van der Waals surface area contributed by atoms with E-state index in [2.05, 4.69) is 9.68 Å². The van der Waals surface area contributed by atoms with Gasteiger partial charge in [0.05, 0.1) is 6.61 Å². The van der Waals surface area contributed by atoms with Gasteiger partial charge in [0.15, 0.2) is 5.67 Å². The summed E-state index contributed by atoms with van der Waals surface area (Å²) in [6, 6.07) is 0. The van der Waals surface area contributed by atoms with Crippen LogP contribution in [-0.4, -0.2) is 17.7 Å². The average Bonchev–Trinajstić information content (AvgIpc) is 2.72. The van der Waals surface area contributed by atoms with E-state index in [1.165, 1.54) is 0 Å². The Morgan fingerprint density at radius 3 is 3.07 bits per heavy atom.